The summed E-state index contributed by atoms with van der Waals surface area (Å²) >= 11 is 12.3. The fourth-order valence-corrected chi connectivity index (χ4v) is 3.88. The topological polar surface area (TPSA) is 54.5 Å². The van der Waals surface area contributed by atoms with Crippen LogP contribution in [-0.4, -0.2) is 38.6 Å². The molecule has 4 nitrogen and oxygen atoms in total. The van der Waals surface area contributed by atoms with E-state index in [1.54, 1.807) is 23.1 Å². The Morgan fingerprint density at radius 2 is 2.14 bits per heavy atom. The van der Waals surface area contributed by atoms with E-state index < -0.39 is 15.2 Å². The Labute approximate surface area is 140 Å². The van der Waals surface area contributed by atoms with Crippen LogP contribution in [0.3, 0.4) is 0 Å². The van der Waals surface area contributed by atoms with Gasteiger partial charge in [0.1, 0.15) is 0 Å². The Morgan fingerprint density at radius 1 is 1.41 bits per heavy atom. The Morgan fingerprint density at radius 3 is 2.68 bits per heavy atom. The third kappa shape index (κ3) is 4.24. The number of hydrogen-bond donors (Lipinski definition) is 0. The number of benzene rings is 1. The maximum Gasteiger partial charge on any atom is 0.222 e. The molecule has 1 atom stereocenters. The Balaban J connectivity index is 2.05. The van der Waals surface area contributed by atoms with Crippen molar-refractivity contribution in [3.05, 3.63) is 40.9 Å². The number of alkyl halides is 1. The molecular weight excluding hydrogens is 345 g/mol. The molecule has 0 spiro atoms. The number of likely N-dealkylation sites (tertiary alicyclic amines) is 1. The summed E-state index contributed by atoms with van der Waals surface area (Å²) in [6, 6.07) is 4.66. The molecular formula is C15H17Cl2NO3S. The smallest absolute Gasteiger partial charge is 0.222 e. The Bertz CT molecular complexity index is 701. The Hall–Kier alpha value is -1.04. The highest BCUT2D eigenvalue weighted by atomic mass is 35.5. The van der Waals surface area contributed by atoms with Gasteiger partial charge in [0.2, 0.25) is 5.91 Å². The number of carbonyl (C=O) groups excluding carboxylic acids is 1. The number of nitrogens with zero attached hydrogens (tertiary/aromatic N) is 1. The lowest BCUT2D eigenvalue weighted by Gasteiger charge is -2.13. The first-order valence-corrected chi connectivity index (χ1v) is 9.57. The highest BCUT2D eigenvalue weighted by molar-refractivity contribution is 7.90. The SMILES string of the molecule is CS(=O)(=O)c1ccc(C(Cl)/C=C\CN2CCCC2=O)cc1Cl. The number of sulfone groups is 1. The van der Waals surface area contributed by atoms with Crippen molar-refractivity contribution in [3.63, 3.8) is 0 Å². The van der Waals surface area contributed by atoms with Gasteiger partial charge in [-0.05, 0) is 24.1 Å². The van der Waals surface area contributed by atoms with Gasteiger partial charge in [-0.1, -0.05) is 29.8 Å². The molecule has 0 bridgehead atoms. The van der Waals surface area contributed by atoms with Gasteiger partial charge in [-0.25, -0.2) is 8.42 Å². The van der Waals surface area contributed by atoms with E-state index in [0.717, 1.165) is 19.2 Å². The molecule has 0 aliphatic carbocycles. The third-order valence-electron chi connectivity index (χ3n) is 3.48. The van der Waals surface area contributed by atoms with Crippen LogP contribution in [0.1, 0.15) is 23.8 Å². The van der Waals surface area contributed by atoms with Crippen molar-refractivity contribution in [2.24, 2.45) is 0 Å². The highest BCUT2D eigenvalue weighted by Gasteiger charge is 2.18. The van der Waals surface area contributed by atoms with Crippen LogP contribution in [0, 0.1) is 0 Å². The molecule has 1 saturated heterocycles. The molecule has 1 aliphatic rings. The van der Waals surface area contributed by atoms with Crippen molar-refractivity contribution >= 4 is 38.9 Å². The summed E-state index contributed by atoms with van der Waals surface area (Å²) in [7, 11) is -3.35. The summed E-state index contributed by atoms with van der Waals surface area (Å²) < 4.78 is 23.0. The molecule has 120 valence electrons. The minimum Gasteiger partial charge on any atom is -0.339 e. The van der Waals surface area contributed by atoms with E-state index in [-0.39, 0.29) is 15.8 Å². The van der Waals surface area contributed by atoms with Crippen molar-refractivity contribution < 1.29 is 13.2 Å². The van der Waals surface area contributed by atoms with Gasteiger partial charge in [-0.2, -0.15) is 0 Å². The number of amides is 1. The van der Waals surface area contributed by atoms with Crippen LogP contribution in [0.25, 0.3) is 0 Å². The summed E-state index contributed by atoms with van der Waals surface area (Å²) in [5, 5.41) is -0.266. The largest absolute Gasteiger partial charge is 0.339 e. The fourth-order valence-electron chi connectivity index (χ4n) is 2.31. The average Bonchev–Trinajstić information content (AvgIpc) is 2.82. The van der Waals surface area contributed by atoms with E-state index in [0.29, 0.717) is 18.5 Å². The third-order valence-corrected chi connectivity index (χ3v) is 5.45. The van der Waals surface area contributed by atoms with Gasteiger partial charge >= 0.3 is 0 Å². The minimum absolute atomic E-state index is 0.0911. The molecule has 2 rings (SSSR count). The van der Waals surface area contributed by atoms with Crippen molar-refractivity contribution in [1.82, 2.24) is 4.90 Å². The first-order chi connectivity index (χ1) is 10.3. The van der Waals surface area contributed by atoms with E-state index in [1.165, 1.54) is 6.07 Å². The van der Waals surface area contributed by atoms with Gasteiger partial charge in [-0.15, -0.1) is 11.6 Å². The molecule has 0 aromatic heterocycles. The molecule has 1 aromatic carbocycles. The lowest BCUT2D eigenvalue weighted by atomic mass is 10.1. The van der Waals surface area contributed by atoms with Crippen LogP contribution in [-0.2, 0) is 14.6 Å². The van der Waals surface area contributed by atoms with Crippen LogP contribution in [0.15, 0.2) is 35.2 Å². The lowest BCUT2D eigenvalue weighted by Crippen LogP contribution is -2.24. The van der Waals surface area contributed by atoms with E-state index in [2.05, 4.69) is 0 Å². The van der Waals surface area contributed by atoms with Crippen molar-refractivity contribution in [2.75, 3.05) is 19.3 Å². The van der Waals surface area contributed by atoms with Crippen molar-refractivity contribution in [1.29, 1.82) is 0 Å². The van der Waals surface area contributed by atoms with Gasteiger partial charge in [0, 0.05) is 25.8 Å². The van der Waals surface area contributed by atoms with Crippen LogP contribution in [0.5, 0.6) is 0 Å². The summed E-state index contributed by atoms with van der Waals surface area (Å²) in [6.07, 6.45) is 6.25. The van der Waals surface area contributed by atoms with Gasteiger partial charge in [0.15, 0.2) is 9.84 Å². The zero-order valence-electron chi connectivity index (χ0n) is 12.1. The fraction of sp³-hybridized carbons (Fsp3) is 0.400. The zero-order chi connectivity index (χ0) is 16.3. The Kier molecular flexibility index (Phi) is 5.53. The van der Waals surface area contributed by atoms with Crippen LogP contribution in [0.2, 0.25) is 5.02 Å². The van der Waals surface area contributed by atoms with E-state index >= 15 is 0 Å². The summed E-state index contributed by atoms with van der Waals surface area (Å²) in [5.74, 6) is 0.163. The molecule has 1 amide bonds. The first kappa shape index (κ1) is 17.3. The summed E-state index contributed by atoms with van der Waals surface area (Å²) in [6.45, 7) is 1.32. The second-order valence-electron chi connectivity index (χ2n) is 5.24. The second kappa shape index (κ2) is 7.02. The molecule has 7 heteroatoms. The number of carbonyl (C=O) groups is 1. The normalized spacial score (nSPS) is 17.4. The number of halogens is 2. The van der Waals surface area contributed by atoms with Crippen LogP contribution >= 0.6 is 23.2 Å². The monoisotopic (exact) mass is 361 g/mol. The van der Waals surface area contributed by atoms with Crippen molar-refractivity contribution in [2.45, 2.75) is 23.1 Å². The molecule has 22 heavy (non-hydrogen) atoms. The maximum absolute atomic E-state index is 11.5. The molecule has 1 unspecified atom stereocenters. The number of allylic oxidation sites excluding steroid dienone is 1. The van der Waals surface area contributed by atoms with Gasteiger partial charge < -0.3 is 4.90 Å². The zero-order valence-corrected chi connectivity index (χ0v) is 14.5. The molecule has 0 radical (unpaired) electrons. The first-order valence-electron chi connectivity index (χ1n) is 6.87. The molecule has 1 aliphatic heterocycles. The second-order valence-corrected chi connectivity index (χ2v) is 8.10. The predicted octanol–water partition coefficient (Wildman–Crippen LogP) is 3.20. The number of hydrogen-bond acceptors (Lipinski definition) is 3. The van der Waals surface area contributed by atoms with Gasteiger partial charge in [-0.3, -0.25) is 4.79 Å². The van der Waals surface area contributed by atoms with Gasteiger partial charge in [0.05, 0.1) is 15.3 Å². The maximum atomic E-state index is 11.5. The summed E-state index contributed by atoms with van der Waals surface area (Å²) in [4.78, 5) is 13.3. The molecule has 0 N–H and O–H groups in total. The van der Waals surface area contributed by atoms with Crippen LogP contribution < -0.4 is 0 Å². The van der Waals surface area contributed by atoms with E-state index in [9.17, 15) is 13.2 Å². The highest BCUT2D eigenvalue weighted by Crippen LogP contribution is 2.29. The average molecular weight is 362 g/mol. The quantitative estimate of drug-likeness (QED) is 0.597. The molecule has 1 fully saturated rings. The van der Waals surface area contributed by atoms with Crippen LogP contribution in [0.4, 0.5) is 0 Å². The minimum atomic E-state index is -3.35. The van der Waals surface area contributed by atoms with Crippen molar-refractivity contribution in [3.8, 4) is 0 Å². The van der Waals surface area contributed by atoms with Gasteiger partial charge in [0.25, 0.3) is 0 Å². The molecule has 1 heterocycles. The molecule has 0 saturated carbocycles. The summed E-state index contributed by atoms with van der Waals surface area (Å²) in [5.41, 5.74) is 0.711. The predicted molar refractivity (Wildman–Crippen MR) is 88.1 cm³/mol. The lowest BCUT2D eigenvalue weighted by molar-refractivity contribution is -0.127. The van der Waals surface area contributed by atoms with E-state index in [4.69, 9.17) is 23.2 Å². The standard InChI is InChI=1S/C15H17Cl2NO3S/c1-22(20,21)14-7-6-11(10-13(14)17)12(16)4-2-8-18-9-3-5-15(18)19/h2,4,6-7,10,12H,3,5,8-9H2,1H3/b4-2-. The number of rotatable bonds is 5. The van der Waals surface area contributed by atoms with E-state index in [1.807, 2.05) is 6.08 Å². The molecule has 1 aromatic rings.